The molecule has 82 valence electrons. The quantitative estimate of drug-likeness (QED) is 0.840. The van der Waals surface area contributed by atoms with Gasteiger partial charge in [0, 0.05) is 18.5 Å². The lowest BCUT2D eigenvalue weighted by Gasteiger charge is -2.06. The summed E-state index contributed by atoms with van der Waals surface area (Å²) in [5, 5.41) is 8.49. The van der Waals surface area contributed by atoms with Crippen molar-refractivity contribution in [1.29, 1.82) is 0 Å². The Hall–Kier alpha value is -2.30. The molecule has 0 atom stereocenters. The molecule has 16 heavy (non-hydrogen) atoms. The summed E-state index contributed by atoms with van der Waals surface area (Å²) in [7, 11) is 0. The van der Waals surface area contributed by atoms with E-state index in [1.807, 2.05) is 10.6 Å². The molecular formula is C11H10N2O3. The highest BCUT2D eigenvalue weighted by Crippen LogP contribution is 2.16. The van der Waals surface area contributed by atoms with Crippen LogP contribution in [-0.2, 0) is 4.79 Å². The standard InChI is InChI=1S/C11H10N2O3/c14-11(15)7-16-10-3-1-2-9(6-10)13-5-4-12-8-13/h1-6,8H,7H2,(H,14,15). The van der Waals surface area contributed by atoms with Gasteiger partial charge in [-0.25, -0.2) is 9.78 Å². The minimum atomic E-state index is -0.993. The molecule has 2 aromatic rings. The molecule has 1 N–H and O–H groups in total. The first-order valence-electron chi connectivity index (χ1n) is 4.69. The zero-order chi connectivity index (χ0) is 11.4. The third-order valence-electron chi connectivity index (χ3n) is 1.98. The van der Waals surface area contributed by atoms with Crippen LogP contribution in [0.4, 0.5) is 0 Å². The summed E-state index contributed by atoms with van der Waals surface area (Å²) in [6.45, 7) is -0.340. The van der Waals surface area contributed by atoms with Crippen LogP contribution in [0.5, 0.6) is 5.75 Å². The van der Waals surface area contributed by atoms with E-state index in [0.717, 1.165) is 5.69 Å². The van der Waals surface area contributed by atoms with Crippen LogP contribution in [-0.4, -0.2) is 27.2 Å². The Bertz CT molecular complexity index is 480. The molecule has 0 spiro atoms. The summed E-state index contributed by atoms with van der Waals surface area (Å²) in [6, 6.07) is 7.15. The number of aliphatic carboxylic acids is 1. The predicted molar refractivity (Wildman–Crippen MR) is 56.7 cm³/mol. The lowest BCUT2D eigenvalue weighted by Crippen LogP contribution is -2.09. The van der Waals surface area contributed by atoms with Crippen LogP contribution in [0.3, 0.4) is 0 Å². The van der Waals surface area contributed by atoms with Gasteiger partial charge in [-0.1, -0.05) is 6.07 Å². The molecule has 0 unspecified atom stereocenters. The van der Waals surface area contributed by atoms with Crippen LogP contribution >= 0.6 is 0 Å². The highest BCUT2D eigenvalue weighted by Gasteiger charge is 2.01. The van der Waals surface area contributed by atoms with Crippen molar-refractivity contribution in [3.63, 3.8) is 0 Å². The fourth-order valence-electron chi connectivity index (χ4n) is 1.29. The van der Waals surface area contributed by atoms with Gasteiger partial charge in [-0.2, -0.15) is 0 Å². The number of carbonyl (C=O) groups is 1. The van der Waals surface area contributed by atoms with Crippen molar-refractivity contribution < 1.29 is 14.6 Å². The molecule has 0 saturated carbocycles. The minimum Gasteiger partial charge on any atom is -0.482 e. The maximum atomic E-state index is 10.3. The number of imidazole rings is 1. The van der Waals surface area contributed by atoms with E-state index in [9.17, 15) is 4.79 Å². The van der Waals surface area contributed by atoms with Crippen molar-refractivity contribution in [1.82, 2.24) is 9.55 Å². The molecule has 1 aromatic carbocycles. The number of hydrogen-bond donors (Lipinski definition) is 1. The summed E-state index contributed by atoms with van der Waals surface area (Å²) in [5.74, 6) is -0.471. The molecular weight excluding hydrogens is 208 g/mol. The van der Waals surface area contributed by atoms with E-state index in [-0.39, 0.29) is 6.61 Å². The number of carboxylic acid groups (broad SMARTS) is 1. The first-order chi connectivity index (χ1) is 7.75. The molecule has 0 fully saturated rings. The van der Waals surface area contributed by atoms with E-state index in [4.69, 9.17) is 9.84 Å². The third kappa shape index (κ3) is 2.38. The highest BCUT2D eigenvalue weighted by molar-refractivity contribution is 5.68. The fourth-order valence-corrected chi connectivity index (χ4v) is 1.29. The van der Waals surface area contributed by atoms with Crippen molar-refractivity contribution in [2.75, 3.05) is 6.61 Å². The Morgan fingerprint density at radius 3 is 3.06 bits per heavy atom. The Kier molecular flexibility index (Phi) is 2.86. The number of aromatic nitrogens is 2. The lowest BCUT2D eigenvalue weighted by atomic mass is 10.3. The monoisotopic (exact) mass is 218 g/mol. The molecule has 0 aliphatic heterocycles. The average Bonchev–Trinajstić information content (AvgIpc) is 2.80. The van der Waals surface area contributed by atoms with E-state index in [1.165, 1.54) is 0 Å². The molecule has 5 nitrogen and oxygen atoms in total. The van der Waals surface area contributed by atoms with Crippen LogP contribution < -0.4 is 4.74 Å². The van der Waals surface area contributed by atoms with Crippen LogP contribution in [0.1, 0.15) is 0 Å². The topological polar surface area (TPSA) is 64.3 Å². The van der Waals surface area contributed by atoms with Crippen LogP contribution in [0.2, 0.25) is 0 Å². The van der Waals surface area contributed by atoms with Crippen molar-refractivity contribution in [3.8, 4) is 11.4 Å². The van der Waals surface area contributed by atoms with E-state index >= 15 is 0 Å². The van der Waals surface area contributed by atoms with E-state index in [0.29, 0.717) is 5.75 Å². The summed E-state index contributed by atoms with van der Waals surface area (Å²) >= 11 is 0. The Morgan fingerprint density at radius 2 is 2.38 bits per heavy atom. The van der Waals surface area contributed by atoms with Gasteiger partial charge in [-0.05, 0) is 12.1 Å². The summed E-state index contributed by atoms with van der Waals surface area (Å²) in [4.78, 5) is 14.3. The van der Waals surface area contributed by atoms with Gasteiger partial charge in [0.15, 0.2) is 6.61 Å². The second-order valence-electron chi connectivity index (χ2n) is 3.15. The van der Waals surface area contributed by atoms with E-state index < -0.39 is 5.97 Å². The normalized spacial score (nSPS) is 10.0. The van der Waals surface area contributed by atoms with Crippen molar-refractivity contribution in [2.45, 2.75) is 0 Å². The molecule has 0 bridgehead atoms. The number of ether oxygens (including phenoxy) is 1. The third-order valence-corrected chi connectivity index (χ3v) is 1.98. The van der Waals surface area contributed by atoms with Crippen molar-refractivity contribution in [2.24, 2.45) is 0 Å². The molecule has 2 rings (SSSR count). The molecule has 5 heteroatoms. The Labute approximate surface area is 91.9 Å². The van der Waals surface area contributed by atoms with Gasteiger partial charge in [0.25, 0.3) is 0 Å². The van der Waals surface area contributed by atoms with Gasteiger partial charge in [0.1, 0.15) is 5.75 Å². The number of nitrogens with zero attached hydrogens (tertiary/aromatic N) is 2. The van der Waals surface area contributed by atoms with Crippen LogP contribution in [0, 0.1) is 0 Å². The number of carboxylic acids is 1. The lowest BCUT2D eigenvalue weighted by molar-refractivity contribution is -0.139. The van der Waals surface area contributed by atoms with Crippen molar-refractivity contribution in [3.05, 3.63) is 43.0 Å². The van der Waals surface area contributed by atoms with Gasteiger partial charge in [-0.15, -0.1) is 0 Å². The Balaban J connectivity index is 2.17. The minimum absolute atomic E-state index is 0.340. The number of benzene rings is 1. The summed E-state index contributed by atoms with van der Waals surface area (Å²) in [6.07, 6.45) is 5.14. The second-order valence-corrected chi connectivity index (χ2v) is 3.15. The smallest absolute Gasteiger partial charge is 0.341 e. The maximum absolute atomic E-state index is 10.3. The van der Waals surface area contributed by atoms with Crippen molar-refractivity contribution >= 4 is 5.97 Å². The summed E-state index contributed by atoms with van der Waals surface area (Å²) in [5.41, 5.74) is 0.875. The Morgan fingerprint density at radius 1 is 1.50 bits per heavy atom. The fraction of sp³-hybridized carbons (Fsp3) is 0.0909. The van der Waals surface area contributed by atoms with Gasteiger partial charge in [0.05, 0.1) is 12.0 Å². The first-order valence-corrected chi connectivity index (χ1v) is 4.69. The molecule has 0 amide bonds. The van der Waals surface area contributed by atoms with E-state index in [2.05, 4.69) is 4.98 Å². The van der Waals surface area contributed by atoms with Crippen LogP contribution in [0.15, 0.2) is 43.0 Å². The largest absolute Gasteiger partial charge is 0.482 e. The zero-order valence-corrected chi connectivity index (χ0v) is 8.41. The molecule has 0 saturated heterocycles. The molecule has 1 heterocycles. The van der Waals surface area contributed by atoms with Gasteiger partial charge < -0.3 is 14.4 Å². The second kappa shape index (κ2) is 4.48. The molecule has 0 radical (unpaired) electrons. The molecule has 0 aliphatic carbocycles. The van der Waals surface area contributed by atoms with Crippen LogP contribution in [0.25, 0.3) is 5.69 Å². The SMILES string of the molecule is O=C(O)COc1cccc(-n2ccnc2)c1. The number of rotatable bonds is 4. The molecule has 0 aliphatic rings. The number of hydrogen-bond acceptors (Lipinski definition) is 3. The highest BCUT2D eigenvalue weighted by atomic mass is 16.5. The molecule has 1 aromatic heterocycles. The van der Waals surface area contributed by atoms with Gasteiger partial charge in [0.2, 0.25) is 0 Å². The summed E-state index contributed by atoms with van der Waals surface area (Å²) < 4.78 is 6.89. The maximum Gasteiger partial charge on any atom is 0.341 e. The first kappa shape index (κ1) is 10.2. The zero-order valence-electron chi connectivity index (χ0n) is 8.41. The van der Waals surface area contributed by atoms with E-state index in [1.54, 1.807) is 36.9 Å². The average molecular weight is 218 g/mol. The predicted octanol–water partition coefficient (Wildman–Crippen LogP) is 1.34. The van der Waals surface area contributed by atoms with Gasteiger partial charge in [-0.3, -0.25) is 0 Å². The van der Waals surface area contributed by atoms with Gasteiger partial charge >= 0.3 is 5.97 Å².